The van der Waals surface area contributed by atoms with Gasteiger partial charge in [-0.3, -0.25) is 0 Å². The molecule has 0 bridgehead atoms. The summed E-state index contributed by atoms with van der Waals surface area (Å²) >= 11 is 0. The predicted octanol–water partition coefficient (Wildman–Crippen LogP) is -3.41. The van der Waals surface area contributed by atoms with Gasteiger partial charge in [-0.05, 0) is 0 Å². The summed E-state index contributed by atoms with van der Waals surface area (Å²) in [5.41, 5.74) is 5.12. The van der Waals surface area contributed by atoms with Crippen LogP contribution >= 0.6 is 0 Å². The molecule has 0 aliphatic rings. The topological polar surface area (TPSA) is 124 Å². The number of rotatable bonds is 5. The summed E-state index contributed by atoms with van der Waals surface area (Å²) in [5.74, 6) is 0. The molecule has 0 aromatic heterocycles. The molecule has 6 nitrogen and oxygen atoms in total. The van der Waals surface area contributed by atoms with Gasteiger partial charge < -0.3 is 31.0 Å². The largest absolute Gasteiger partial charge is 0.395 e. The Hall–Kier alpha value is -0.530. The fourth-order valence-corrected chi connectivity index (χ4v) is 0.644. The highest BCUT2D eigenvalue weighted by molar-refractivity contribution is 5.56. The number of nitrogens with two attached hydrogens (primary N) is 1. The molecule has 0 saturated heterocycles. The lowest BCUT2D eigenvalue weighted by atomic mass is 10.0. The van der Waals surface area contributed by atoms with Gasteiger partial charge in [-0.2, -0.15) is 0 Å². The third kappa shape index (κ3) is 2.84. The highest BCUT2D eigenvalue weighted by atomic mass is 16.4. The van der Waals surface area contributed by atoms with E-state index in [2.05, 4.69) is 0 Å². The normalized spacial score (nSPS) is 21.1. The van der Waals surface area contributed by atoms with Gasteiger partial charge >= 0.3 is 0 Å². The number of aldehydes is 1. The number of carbonyl (C=O) groups is 1. The lowest BCUT2D eigenvalue weighted by Gasteiger charge is -2.23. The monoisotopic (exact) mass is 179 g/mol. The van der Waals surface area contributed by atoms with E-state index >= 15 is 0 Å². The van der Waals surface area contributed by atoms with Gasteiger partial charge in [-0.15, -0.1) is 0 Å². The first-order valence-corrected chi connectivity index (χ1v) is 3.40. The zero-order valence-electron chi connectivity index (χ0n) is 6.37. The Labute approximate surface area is 69.2 Å². The van der Waals surface area contributed by atoms with E-state index in [-0.39, 0.29) is 6.29 Å². The second kappa shape index (κ2) is 5.18. The summed E-state index contributed by atoms with van der Waals surface area (Å²) in [7, 11) is 0. The molecule has 0 saturated carbocycles. The average molecular weight is 179 g/mol. The highest BCUT2D eigenvalue weighted by Gasteiger charge is 2.28. The van der Waals surface area contributed by atoms with Crippen LogP contribution < -0.4 is 5.73 Å². The molecule has 0 aliphatic carbocycles. The summed E-state index contributed by atoms with van der Waals surface area (Å²) in [5, 5.41) is 35.2. The zero-order valence-corrected chi connectivity index (χ0v) is 6.37. The molecule has 0 rings (SSSR count). The summed E-state index contributed by atoms with van der Waals surface area (Å²) in [6.45, 7) is -0.538. The Morgan fingerprint density at radius 1 is 1.25 bits per heavy atom. The lowest BCUT2D eigenvalue weighted by molar-refractivity contribution is -0.127. The zero-order chi connectivity index (χ0) is 9.72. The predicted molar refractivity (Wildman–Crippen MR) is 39.1 cm³/mol. The molecular formula is C6H13NO5. The van der Waals surface area contributed by atoms with Crippen molar-refractivity contribution in [2.45, 2.75) is 24.4 Å². The van der Waals surface area contributed by atoms with Gasteiger partial charge in [-0.25, -0.2) is 0 Å². The van der Waals surface area contributed by atoms with E-state index in [4.69, 9.17) is 26.2 Å². The summed E-state index contributed by atoms with van der Waals surface area (Å²) < 4.78 is 0. The van der Waals surface area contributed by atoms with Crippen molar-refractivity contribution in [3.05, 3.63) is 0 Å². The van der Waals surface area contributed by atoms with E-state index in [0.717, 1.165) is 0 Å². The molecule has 0 aromatic carbocycles. The van der Waals surface area contributed by atoms with Gasteiger partial charge in [0.25, 0.3) is 0 Å². The first-order valence-electron chi connectivity index (χ1n) is 3.40. The minimum Gasteiger partial charge on any atom is -0.395 e. The van der Waals surface area contributed by atoms with Crippen LogP contribution in [0.3, 0.4) is 0 Å². The van der Waals surface area contributed by atoms with Gasteiger partial charge in [0.2, 0.25) is 0 Å². The van der Waals surface area contributed by atoms with Crippen LogP contribution in [-0.2, 0) is 4.79 Å². The molecule has 4 atom stereocenters. The Bertz CT molecular complexity index is 142. The van der Waals surface area contributed by atoms with E-state index in [1.165, 1.54) is 0 Å². The number of carbonyl (C=O) groups excluding carboxylic acids is 1. The maximum absolute atomic E-state index is 9.94. The first kappa shape index (κ1) is 11.5. The van der Waals surface area contributed by atoms with E-state index in [9.17, 15) is 4.79 Å². The van der Waals surface area contributed by atoms with Gasteiger partial charge in [0, 0.05) is 0 Å². The van der Waals surface area contributed by atoms with Crippen molar-refractivity contribution in [1.82, 2.24) is 0 Å². The van der Waals surface area contributed by atoms with Crippen LogP contribution in [0.25, 0.3) is 0 Å². The van der Waals surface area contributed by atoms with E-state index in [1.54, 1.807) is 0 Å². The molecule has 0 heterocycles. The van der Waals surface area contributed by atoms with Crippen LogP contribution in [0.1, 0.15) is 0 Å². The second-order valence-electron chi connectivity index (χ2n) is 2.45. The molecule has 0 spiro atoms. The molecule has 0 unspecified atom stereocenters. The van der Waals surface area contributed by atoms with Gasteiger partial charge in [0.15, 0.2) is 6.29 Å². The van der Waals surface area contributed by atoms with Crippen molar-refractivity contribution in [2.75, 3.05) is 6.61 Å². The first-order chi connectivity index (χ1) is 5.54. The van der Waals surface area contributed by atoms with Crippen LogP contribution in [0.2, 0.25) is 0 Å². The van der Waals surface area contributed by atoms with Crippen LogP contribution in [-0.4, -0.2) is 57.7 Å². The molecule has 12 heavy (non-hydrogen) atoms. The van der Waals surface area contributed by atoms with Gasteiger partial charge in [0.1, 0.15) is 18.3 Å². The van der Waals surface area contributed by atoms with E-state index < -0.39 is 31.0 Å². The average Bonchev–Trinajstić information content (AvgIpc) is 2.12. The van der Waals surface area contributed by atoms with Crippen molar-refractivity contribution in [2.24, 2.45) is 5.73 Å². The minimum absolute atomic E-state index is 0.0813. The van der Waals surface area contributed by atoms with Crippen molar-refractivity contribution in [3.8, 4) is 0 Å². The Kier molecular flexibility index (Phi) is 4.95. The molecule has 0 radical (unpaired) electrons. The van der Waals surface area contributed by atoms with Crippen molar-refractivity contribution in [3.63, 3.8) is 0 Å². The SMILES string of the molecule is N[C@H](CO)[C@@H](O)[C@H](O)[C@@H](O)C=O. The van der Waals surface area contributed by atoms with E-state index in [0.29, 0.717) is 0 Å². The number of hydrogen-bond donors (Lipinski definition) is 5. The fraction of sp³-hybridized carbons (Fsp3) is 0.833. The molecular weight excluding hydrogens is 166 g/mol. The number of hydrogen-bond acceptors (Lipinski definition) is 6. The smallest absolute Gasteiger partial charge is 0.151 e. The minimum atomic E-state index is -1.68. The van der Waals surface area contributed by atoms with Crippen LogP contribution in [0.15, 0.2) is 0 Å². The lowest BCUT2D eigenvalue weighted by Crippen LogP contribution is -2.50. The second-order valence-corrected chi connectivity index (χ2v) is 2.45. The molecule has 0 aromatic rings. The van der Waals surface area contributed by atoms with Crippen molar-refractivity contribution < 1.29 is 25.2 Å². The Balaban J connectivity index is 4.07. The van der Waals surface area contributed by atoms with Gasteiger partial charge in [-0.1, -0.05) is 0 Å². The Morgan fingerprint density at radius 3 is 2.08 bits per heavy atom. The van der Waals surface area contributed by atoms with E-state index in [1.807, 2.05) is 0 Å². The molecule has 0 aliphatic heterocycles. The summed E-state index contributed by atoms with van der Waals surface area (Å²) in [4.78, 5) is 9.94. The van der Waals surface area contributed by atoms with Crippen LogP contribution in [0.5, 0.6) is 0 Å². The maximum atomic E-state index is 9.94. The van der Waals surface area contributed by atoms with Crippen LogP contribution in [0.4, 0.5) is 0 Å². The van der Waals surface area contributed by atoms with Crippen LogP contribution in [0, 0.1) is 0 Å². The summed E-state index contributed by atoms with van der Waals surface area (Å²) in [6, 6.07) is -1.07. The molecule has 0 fully saturated rings. The van der Waals surface area contributed by atoms with Crippen molar-refractivity contribution >= 4 is 6.29 Å². The standard InChI is InChI=1S/C6H13NO5/c7-3(1-8)5(11)6(12)4(10)2-9/h2-6,8,10-12H,1,7H2/t3-,4+,5-,6-/m1/s1. The van der Waals surface area contributed by atoms with Crippen molar-refractivity contribution in [1.29, 1.82) is 0 Å². The highest BCUT2D eigenvalue weighted by Crippen LogP contribution is 2.01. The third-order valence-electron chi connectivity index (χ3n) is 1.49. The van der Waals surface area contributed by atoms with Gasteiger partial charge in [0.05, 0.1) is 12.6 Å². The number of aliphatic hydroxyl groups excluding tert-OH is 4. The number of aliphatic hydroxyl groups is 4. The third-order valence-corrected chi connectivity index (χ3v) is 1.49. The molecule has 0 amide bonds. The Morgan fingerprint density at radius 2 is 1.75 bits per heavy atom. The molecule has 6 N–H and O–H groups in total. The molecule has 6 heteroatoms. The quantitative estimate of drug-likeness (QED) is 0.280. The fourth-order valence-electron chi connectivity index (χ4n) is 0.644. The maximum Gasteiger partial charge on any atom is 0.151 e. The summed E-state index contributed by atoms with van der Waals surface area (Å²) in [6.07, 6.45) is -4.78. The molecule has 72 valence electrons.